The third kappa shape index (κ3) is 4.89. The molecule has 134 valence electrons. The van der Waals surface area contributed by atoms with Crippen LogP contribution in [0.25, 0.3) is 6.08 Å². The Labute approximate surface area is 156 Å². The fraction of sp³-hybridized carbons (Fsp3) is 0.200. The zero-order valence-corrected chi connectivity index (χ0v) is 15.5. The smallest absolute Gasteiger partial charge is 0.286 e. The zero-order valence-electron chi connectivity index (χ0n) is 14.7. The first-order valence-electron chi connectivity index (χ1n) is 8.21. The van der Waals surface area contributed by atoms with E-state index in [0.717, 1.165) is 17.1 Å². The van der Waals surface area contributed by atoms with Crippen LogP contribution in [0.4, 0.5) is 0 Å². The predicted molar refractivity (Wildman–Crippen MR) is 106 cm³/mol. The highest BCUT2D eigenvalue weighted by Gasteiger charge is 2.19. The van der Waals surface area contributed by atoms with E-state index in [1.54, 1.807) is 6.08 Å². The number of aliphatic imine (C=N–C) groups is 1. The number of aryl methyl sites for hydroxylation is 2. The van der Waals surface area contributed by atoms with Crippen molar-refractivity contribution in [2.45, 2.75) is 13.8 Å². The highest BCUT2D eigenvalue weighted by Crippen LogP contribution is 2.26. The van der Waals surface area contributed by atoms with E-state index in [0.29, 0.717) is 18.1 Å². The summed E-state index contributed by atoms with van der Waals surface area (Å²) in [5.74, 6) is 1.31. The Morgan fingerprint density at radius 3 is 2.19 bits per heavy atom. The topological polar surface area (TPSA) is 73.9 Å². The summed E-state index contributed by atoms with van der Waals surface area (Å²) in [6.07, 6.45) is 1.77. The third-order valence-electron chi connectivity index (χ3n) is 3.63. The van der Waals surface area contributed by atoms with Crippen LogP contribution in [0.3, 0.4) is 0 Å². The van der Waals surface area contributed by atoms with Gasteiger partial charge in [0.05, 0.1) is 4.91 Å². The van der Waals surface area contributed by atoms with Crippen LogP contribution in [0.2, 0.25) is 0 Å². The predicted octanol–water partition coefficient (Wildman–Crippen LogP) is 3.69. The van der Waals surface area contributed by atoms with Gasteiger partial charge in [-0.1, -0.05) is 18.2 Å². The Bertz CT molecular complexity index is 853. The molecule has 2 aromatic carbocycles. The van der Waals surface area contributed by atoms with Crippen LogP contribution in [-0.4, -0.2) is 24.3 Å². The van der Waals surface area contributed by atoms with Crippen molar-refractivity contribution in [3.63, 3.8) is 0 Å². The molecule has 0 saturated carbocycles. The fourth-order valence-corrected chi connectivity index (χ4v) is 3.25. The largest absolute Gasteiger partial charge is 0.490 e. The van der Waals surface area contributed by atoms with Gasteiger partial charge in [-0.15, -0.1) is 0 Å². The van der Waals surface area contributed by atoms with Crippen LogP contribution in [-0.2, 0) is 4.79 Å². The molecule has 5 nitrogen and oxygen atoms in total. The monoisotopic (exact) mass is 368 g/mol. The molecule has 1 amide bonds. The number of thioether (sulfide) groups is 1. The van der Waals surface area contributed by atoms with Gasteiger partial charge < -0.3 is 15.2 Å². The van der Waals surface area contributed by atoms with Crippen molar-refractivity contribution < 1.29 is 14.3 Å². The second-order valence-corrected chi connectivity index (χ2v) is 7.02. The Morgan fingerprint density at radius 1 is 1.00 bits per heavy atom. The van der Waals surface area contributed by atoms with E-state index in [1.165, 1.54) is 22.9 Å². The molecule has 1 aliphatic rings. The van der Waals surface area contributed by atoms with Gasteiger partial charge in [0.1, 0.15) is 24.7 Å². The number of carbonyl (C=O) groups is 1. The number of rotatable bonds is 6. The summed E-state index contributed by atoms with van der Waals surface area (Å²) in [4.78, 5) is 15.8. The number of carbonyl (C=O) groups excluding carboxylic acids is 1. The zero-order chi connectivity index (χ0) is 18.5. The molecule has 2 N–H and O–H groups in total. The Morgan fingerprint density at radius 2 is 1.62 bits per heavy atom. The molecule has 6 heteroatoms. The Hall–Kier alpha value is -2.73. The molecule has 0 saturated heterocycles. The van der Waals surface area contributed by atoms with E-state index in [-0.39, 0.29) is 11.1 Å². The Kier molecular flexibility index (Phi) is 5.63. The lowest BCUT2D eigenvalue weighted by Crippen LogP contribution is -2.09. The van der Waals surface area contributed by atoms with Gasteiger partial charge in [0.2, 0.25) is 0 Å². The van der Waals surface area contributed by atoms with Gasteiger partial charge in [0, 0.05) is 0 Å². The van der Waals surface area contributed by atoms with Crippen LogP contribution < -0.4 is 15.2 Å². The van der Waals surface area contributed by atoms with Gasteiger partial charge >= 0.3 is 0 Å². The molecule has 2 aromatic rings. The number of hydrogen-bond acceptors (Lipinski definition) is 5. The molecule has 0 spiro atoms. The van der Waals surface area contributed by atoms with Gasteiger partial charge in [0.15, 0.2) is 5.17 Å². The molecular weight excluding hydrogens is 348 g/mol. The first-order chi connectivity index (χ1) is 12.5. The molecule has 0 radical (unpaired) electrons. The first-order valence-corrected chi connectivity index (χ1v) is 9.03. The summed E-state index contributed by atoms with van der Waals surface area (Å²) < 4.78 is 11.4. The SMILES string of the molecule is Cc1cc(C)cc(OCCOc2ccc(C=C3SC(N)=NC3=O)cc2)c1. The van der Waals surface area contributed by atoms with E-state index in [4.69, 9.17) is 15.2 Å². The summed E-state index contributed by atoms with van der Waals surface area (Å²) in [6, 6.07) is 13.6. The van der Waals surface area contributed by atoms with E-state index < -0.39 is 0 Å². The molecule has 0 bridgehead atoms. The lowest BCUT2D eigenvalue weighted by atomic mass is 10.1. The minimum atomic E-state index is -0.295. The molecule has 0 fully saturated rings. The molecule has 0 atom stereocenters. The average Bonchev–Trinajstić information content (AvgIpc) is 2.89. The quantitative estimate of drug-likeness (QED) is 0.622. The van der Waals surface area contributed by atoms with Crippen molar-refractivity contribution in [1.29, 1.82) is 0 Å². The molecule has 0 aromatic heterocycles. The maximum Gasteiger partial charge on any atom is 0.286 e. The normalized spacial score (nSPS) is 15.2. The van der Waals surface area contributed by atoms with Gasteiger partial charge in [0.25, 0.3) is 5.91 Å². The molecule has 26 heavy (non-hydrogen) atoms. The first kappa shape index (κ1) is 18.1. The number of hydrogen-bond donors (Lipinski definition) is 1. The number of amidine groups is 1. The van der Waals surface area contributed by atoms with Crippen LogP contribution in [0.15, 0.2) is 52.4 Å². The maximum absolute atomic E-state index is 11.6. The molecule has 3 rings (SSSR count). The summed E-state index contributed by atoms with van der Waals surface area (Å²) >= 11 is 1.18. The highest BCUT2D eigenvalue weighted by atomic mass is 32.2. The lowest BCUT2D eigenvalue weighted by Gasteiger charge is -2.10. The van der Waals surface area contributed by atoms with Crippen molar-refractivity contribution in [3.05, 3.63) is 64.1 Å². The average molecular weight is 368 g/mol. The number of ether oxygens (including phenoxy) is 2. The molecule has 1 heterocycles. The van der Waals surface area contributed by atoms with Crippen molar-refractivity contribution in [2.24, 2.45) is 10.7 Å². The molecule has 1 aliphatic heterocycles. The molecule has 0 aliphatic carbocycles. The number of amides is 1. The van der Waals surface area contributed by atoms with Gasteiger partial charge in [-0.25, -0.2) is 0 Å². The number of nitrogens with two attached hydrogens (primary N) is 1. The minimum absolute atomic E-state index is 0.282. The number of benzene rings is 2. The number of nitrogens with zero attached hydrogens (tertiary/aromatic N) is 1. The van der Waals surface area contributed by atoms with Crippen LogP contribution >= 0.6 is 11.8 Å². The summed E-state index contributed by atoms with van der Waals surface area (Å²) in [5.41, 5.74) is 8.79. The molecular formula is C20H20N2O3S. The highest BCUT2D eigenvalue weighted by molar-refractivity contribution is 8.18. The van der Waals surface area contributed by atoms with Gasteiger partial charge in [-0.3, -0.25) is 4.79 Å². The summed E-state index contributed by atoms with van der Waals surface area (Å²) in [5, 5.41) is 0.282. The van der Waals surface area contributed by atoms with Crippen molar-refractivity contribution >= 4 is 28.9 Å². The van der Waals surface area contributed by atoms with E-state index in [2.05, 4.69) is 11.1 Å². The third-order valence-corrected chi connectivity index (χ3v) is 4.44. The summed E-state index contributed by atoms with van der Waals surface area (Å²) in [6.45, 7) is 5.01. The van der Waals surface area contributed by atoms with E-state index in [9.17, 15) is 4.79 Å². The van der Waals surface area contributed by atoms with Crippen molar-refractivity contribution in [2.75, 3.05) is 13.2 Å². The standard InChI is InChI=1S/C20H20N2O3S/c1-13-9-14(2)11-17(10-13)25-8-7-24-16-5-3-15(4-6-16)12-18-19(23)22-20(21)26-18/h3-6,9-12H,7-8H2,1-2H3,(H2,21,22,23). The minimum Gasteiger partial charge on any atom is -0.490 e. The molecule has 0 unspecified atom stereocenters. The second-order valence-electron chi connectivity index (χ2n) is 5.96. The van der Waals surface area contributed by atoms with Crippen molar-refractivity contribution in [1.82, 2.24) is 0 Å². The summed E-state index contributed by atoms with van der Waals surface area (Å²) in [7, 11) is 0. The second kappa shape index (κ2) is 8.10. The van der Waals surface area contributed by atoms with Crippen LogP contribution in [0.5, 0.6) is 11.5 Å². The van der Waals surface area contributed by atoms with Gasteiger partial charge in [-0.05, 0) is 72.6 Å². The van der Waals surface area contributed by atoms with Crippen LogP contribution in [0, 0.1) is 13.8 Å². The maximum atomic E-state index is 11.6. The lowest BCUT2D eigenvalue weighted by molar-refractivity contribution is -0.113. The van der Waals surface area contributed by atoms with E-state index >= 15 is 0 Å². The van der Waals surface area contributed by atoms with Crippen LogP contribution in [0.1, 0.15) is 16.7 Å². The van der Waals surface area contributed by atoms with Gasteiger partial charge in [-0.2, -0.15) is 4.99 Å². The Balaban J connectivity index is 1.49. The van der Waals surface area contributed by atoms with E-state index in [1.807, 2.05) is 50.2 Å². The van der Waals surface area contributed by atoms with Crippen molar-refractivity contribution in [3.8, 4) is 11.5 Å². The fourth-order valence-electron chi connectivity index (χ4n) is 2.57.